The molecule has 0 heterocycles. The summed E-state index contributed by atoms with van der Waals surface area (Å²) in [6.45, 7) is 5.84. The summed E-state index contributed by atoms with van der Waals surface area (Å²) in [4.78, 5) is 0. The maximum absolute atomic E-state index is 6.00. The third-order valence-electron chi connectivity index (χ3n) is 3.05. The molecule has 0 radical (unpaired) electrons. The van der Waals surface area contributed by atoms with Gasteiger partial charge in [0.2, 0.25) is 0 Å². The summed E-state index contributed by atoms with van der Waals surface area (Å²) in [6.07, 6.45) is 4.36. The Bertz CT molecular complexity index is 402. The molecule has 1 unspecified atom stereocenters. The lowest BCUT2D eigenvalue weighted by Crippen LogP contribution is -2.21. The van der Waals surface area contributed by atoms with Gasteiger partial charge in [-0.05, 0) is 37.0 Å². The molecule has 1 aromatic rings. The van der Waals surface area contributed by atoms with Crippen LogP contribution >= 0.6 is 0 Å². The molecule has 0 aromatic heterocycles. The van der Waals surface area contributed by atoms with Gasteiger partial charge in [0, 0.05) is 11.6 Å². The zero-order valence-electron chi connectivity index (χ0n) is 11.5. The van der Waals surface area contributed by atoms with Gasteiger partial charge in [-0.1, -0.05) is 13.0 Å². The molecule has 0 aliphatic rings. The van der Waals surface area contributed by atoms with Crippen molar-refractivity contribution < 1.29 is 9.47 Å². The monoisotopic (exact) mass is 249 g/mol. The highest BCUT2D eigenvalue weighted by Gasteiger charge is 2.12. The number of rotatable bonds is 7. The van der Waals surface area contributed by atoms with Crippen molar-refractivity contribution in [2.45, 2.75) is 32.2 Å². The third-order valence-corrected chi connectivity index (χ3v) is 3.05. The first-order chi connectivity index (χ1) is 8.65. The van der Waals surface area contributed by atoms with Crippen LogP contribution in [0.15, 0.2) is 24.8 Å². The quantitative estimate of drug-likeness (QED) is 0.756. The van der Waals surface area contributed by atoms with Gasteiger partial charge in [-0.2, -0.15) is 0 Å². The van der Waals surface area contributed by atoms with Crippen LogP contribution in [0.3, 0.4) is 0 Å². The average molecular weight is 249 g/mol. The van der Waals surface area contributed by atoms with Crippen molar-refractivity contribution in [1.29, 1.82) is 0 Å². The van der Waals surface area contributed by atoms with Crippen molar-refractivity contribution in [1.82, 2.24) is 0 Å². The lowest BCUT2D eigenvalue weighted by Gasteiger charge is -2.16. The fourth-order valence-electron chi connectivity index (χ4n) is 1.93. The summed E-state index contributed by atoms with van der Waals surface area (Å²) < 4.78 is 10.8. The number of nitrogens with two attached hydrogens (primary N) is 1. The molecular formula is C15H23NO2. The molecule has 0 aliphatic heterocycles. The molecule has 100 valence electrons. The fraction of sp³-hybridized carbons (Fsp3) is 0.467. The van der Waals surface area contributed by atoms with E-state index >= 15 is 0 Å². The van der Waals surface area contributed by atoms with Gasteiger partial charge in [-0.25, -0.2) is 0 Å². The summed E-state index contributed by atoms with van der Waals surface area (Å²) in [5.74, 6) is 1.74. The highest BCUT2D eigenvalue weighted by Crippen LogP contribution is 2.30. The topological polar surface area (TPSA) is 44.5 Å². The van der Waals surface area contributed by atoms with Crippen LogP contribution in [-0.2, 0) is 12.8 Å². The fourth-order valence-corrected chi connectivity index (χ4v) is 1.93. The second-order valence-electron chi connectivity index (χ2n) is 4.34. The van der Waals surface area contributed by atoms with Crippen LogP contribution in [0.2, 0.25) is 0 Å². The van der Waals surface area contributed by atoms with Crippen molar-refractivity contribution >= 4 is 0 Å². The minimum absolute atomic E-state index is 0.147. The summed E-state index contributed by atoms with van der Waals surface area (Å²) in [6, 6.07) is 4.18. The average Bonchev–Trinajstić information content (AvgIpc) is 2.39. The van der Waals surface area contributed by atoms with E-state index in [-0.39, 0.29) is 6.04 Å². The first-order valence-corrected chi connectivity index (χ1v) is 6.26. The van der Waals surface area contributed by atoms with Crippen molar-refractivity contribution in [3.8, 4) is 11.5 Å². The van der Waals surface area contributed by atoms with Gasteiger partial charge < -0.3 is 15.2 Å². The van der Waals surface area contributed by atoms with E-state index in [0.29, 0.717) is 0 Å². The Labute approximate surface area is 110 Å². The molecule has 0 fully saturated rings. The Hall–Kier alpha value is -1.48. The van der Waals surface area contributed by atoms with Crippen LogP contribution in [0.5, 0.6) is 11.5 Å². The van der Waals surface area contributed by atoms with E-state index < -0.39 is 0 Å². The van der Waals surface area contributed by atoms with E-state index in [1.54, 1.807) is 14.2 Å². The van der Waals surface area contributed by atoms with Gasteiger partial charge in [0.15, 0.2) is 0 Å². The smallest absolute Gasteiger partial charge is 0.122 e. The van der Waals surface area contributed by atoms with Crippen molar-refractivity contribution in [3.63, 3.8) is 0 Å². The largest absolute Gasteiger partial charge is 0.496 e. The maximum Gasteiger partial charge on any atom is 0.122 e. The molecule has 2 N–H and O–H groups in total. The van der Waals surface area contributed by atoms with Crippen molar-refractivity contribution in [3.05, 3.63) is 35.9 Å². The Morgan fingerprint density at radius 2 is 1.78 bits per heavy atom. The van der Waals surface area contributed by atoms with Gasteiger partial charge in [0.25, 0.3) is 0 Å². The maximum atomic E-state index is 6.00. The van der Waals surface area contributed by atoms with Crippen LogP contribution in [0, 0.1) is 0 Å². The molecule has 18 heavy (non-hydrogen) atoms. The van der Waals surface area contributed by atoms with E-state index in [1.165, 1.54) is 0 Å². The number of allylic oxidation sites excluding steroid dienone is 1. The lowest BCUT2D eigenvalue weighted by atomic mass is 10.00. The van der Waals surface area contributed by atoms with Gasteiger partial charge >= 0.3 is 0 Å². The van der Waals surface area contributed by atoms with Gasteiger partial charge in [0.1, 0.15) is 11.5 Å². The van der Waals surface area contributed by atoms with Crippen LogP contribution < -0.4 is 15.2 Å². The molecule has 1 rings (SSSR count). The van der Waals surface area contributed by atoms with Crippen LogP contribution in [0.25, 0.3) is 0 Å². The summed E-state index contributed by atoms with van der Waals surface area (Å²) >= 11 is 0. The van der Waals surface area contributed by atoms with E-state index in [1.807, 2.05) is 18.2 Å². The molecule has 3 nitrogen and oxygen atoms in total. The lowest BCUT2D eigenvalue weighted by molar-refractivity contribution is 0.394. The summed E-state index contributed by atoms with van der Waals surface area (Å²) in [7, 11) is 3.36. The van der Waals surface area contributed by atoms with E-state index in [4.69, 9.17) is 15.2 Å². The first kappa shape index (κ1) is 14.6. The third kappa shape index (κ3) is 3.50. The first-order valence-electron chi connectivity index (χ1n) is 6.26. The molecule has 1 aromatic carbocycles. The van der Waals surface area contributed by atoms with Gasteiger partial charge in [-0.3, -0.25) is 0 Å². The van der Waals surface area contributed by atoms with E-state index in [9.17, 15) is 0 Å². The van der Waals surface area contributed by atoms with E-state index in [0.717, 1.165) is 41.9 Å². The number of hydrogen-bond acceptors (Lipinski definition) is 3. The zero-order chi connectivity index (χ0) is 13.5. The summed E-state index contributed by atoms with van der Waals surface area (Å²) in [5.41, 5.74) is 8.18. The van der Waals surface area contributed by atoms with Gasteiger partial charge in [0.05, 0.1) is 14.2 Å². The summed E-state index contributed by atoms with van der Waals surface area (Å²) in [5, 5.41) is 0. The minimum atomic E-state index is 0.147. The molecule has 0 spiro atoms. The molecule has 3 heteroatoms. The molecule has 0 aliphatic carbocycles. The second kappa shape index (κ2) is 7.07. The van der Waals surface area contributed by atoms with Gasteiger partial charge in [-0.15, -0.1) is 6.58 Å². The predicted molar refractivity (Wildman–Crippen MR) is 75.4 cm³/mol. The van der Waals surface area contributed by atoms with E-state index in [2.05, 4.69) is 13.5 Å². The highest BCUT2D eigenvalue weighted by molar-refractivity contribution is 5.47. The number of methoxy groups -OCH3 is 2. The molecule has 1 atom stereocenters. The Morgan fingerprint density at radius 1 is 1.22 bits per heavy atom. The predicted octanol–water partition coefficient (Wildman–Crippen LogP) is 2.71. The normalized spacial score (nSPS) is 12.0. The molecule has 0 saturated carbocycles. The molecule has 0 bridgehead atoms. The molecule has 0 saturated heterocycles. The number of hydrogen-bond donors (Lipinski definition) is 1. The molecule has 0 amide bonds. The Kier molecular flexibility index (Phi) is 5.72. The minimum Gasteiger partial charge on any atom is -0.496 e. The Morgan fingerprint density at radius 3 is 2.28 bits per heavy atom. The van der Waals surface area contributed by atoms with Crippen molar-refractivity contribution in [2.24, 2.45) is 5.73 Å². The second-order valence-corrected chi connectivity index (χ2v) is 4.34. The van der Waals surface area contributed by atoms with Crippen LogP contribution in [-0.4, -0.2) is 20.3 Å². The number of ether oxygens (including phenoxy) is 2. The highest BCUT2D eigenvalue weighted by atomic mass is 16.5. The van der Waals surface area contributed by atoms with Crippen molar-refractivity contribution in [2.75, 3.05) is 14.2 Å². The standard InChI is InChI=1S/C15H23NO2/c1-5-7-11-9-15(18-4)12(8-13(16)6-2)10-14(11)17-3/h5,9-10,13H,1,6-8,16H2,2-4H3. The Balaban J connectivity index is 3.12. The van der Waals surface area contributed by atoms with Crippen LogP contribution in [0.1, 0.15) is 24.5 Å². The number of benzene rings is 1. The van der Waals surface area contributed by atoms with Crippen LogP contribution in [0.4, 0.5) is 0 Å². The zero-order valence-corrected chi connectivity index (χ0v) is 11.5. The SMILES string of the molecule is C=CCc1cc(OC)c(CC(N)CC)cc1OC. The molecular weight excluding hydrogens is 226 g/mol.